The van der Waals surface area contributed by atoms with E-state index in [0.717, 1.165) is 10.6 Å². The van der Waals surface area contributed by atoms with Crippen molar-refractivity contribution < 1.29 is 14.3 Å². The van der Waals surface area contributed by atoms with Crippen LogP contribution in [0.25, 0.3) is 0 Å². The smallest absolute Gasteiger partial charge is 0.318 e. The van der Waals surface area contributed by atoms with Crippen LogP contribution in [-0.4, -0.2) is 23.4 Å². The van der Waals surface area contributed by atoms with Crippen molar-refractivity contribution in [1.82, 2.24) is 5.01 Å². The number of esters is 1. The second-order valence-electron chi connectivity index (χ2n) is 3.97. The van der Waals surface area contributed by atoms with Gasteiger partial charge >= 0.3 is 5.97 Å². The fraction of sp³-hybridized carbons (Fsp3) is 0.333. The van der Waals surface area contributed by atoms with Crippen molar-refractivity contribution >= 4 is 11.9 Å². The van der Waals surface area contributed by atoms with E-state index in [0.29, 0.717) is 13.0 Å². The maximum absolute atomic E-state index is 11.6. The van der Waals surface area contributed by atoms with Crippen LogP contribution in [0.1, 0.15) is 12.0 Å². The van der Waals surface area contributed by atoms with Crippen LogP contribution in [0.4, 0.5) is 0 Å². The lowest BCUT2D eigenvalue weighted by Gasteiger charge is -2.10. The molecule has 0 bridgehead atoms. The standard InChI is InChI=1S/C12H14N2O3/c13-14-7-6-10(11(14)15)12(16)17-8-9-4-2-1-3-5-9/h1-5,10H,6-8,13H2. The predicted octanol–water partition coefficient (Wildman–Crippen LogP) is 0.452. The molecule has 5 heteroatoms. The van der Waals surface area contributed by atoms with Crippen LogP contribution in [0.5, 0.6) is 0 Å². The molecule has 0 spiro atoms. The number of ether oxygens (including phenoxy) is 1. The van der Waals surface area contributed by atoms with Crippen LogP contribution >= 0.6 is 0 Å². The van der Waals surface area contributed by atoms with E-state index in [2.05, 4.69) is 0 Å². The molecule has 1 aromatic carbocycles. The molecule has 2 N–H and O–H groups in total. The van der Waals surface area contributed by atoms with Gasteiger partial charge in [-0.2, -0.15) is 0 Å². The SMILES string of the molecule is NN1CCC(C(=O)OCc2ccccc2)C1=O. The number of amides is 1. The summed E-state index contributed by atoms with van der Waals surface area (Å²) in [6.07, 6.45) is 0.433. The third-order valence-electron chi connectivity index (χ3n) is 2.75. The minimum Gasteiger partial charge on any atom is -0.460 e. The van der Waals surface area contributed by atoms with Crippen LogP contribution in [-0.2, 0) is 20.9 Å². The van der Waals surface area contributed by atoms with Crippen molar-refractivity contribution in [2.45, 2.75) is 13.0 Å². The van der Waals surface area contributed by atoms with E-state index >= 15 is 0 Å². The third-order valence-corrected chi connectivity index (χ3v) is 2.75. The molecule has 0 aliphatic carbocycles. The Morgan fingerprint density at radius 3 is 2.71 bits per heavy atom. The summed E-state index contributed by atoms with van der Waals surface area (Å²) in [5, 5.41) is 1.06. The number of nitrogens with two attached hydrogens (primary N) is 1. The lowest BCUT2D eigenvalue weighted by Crippen LogP contribution is -2.36. The zero-order valence-electron chi connectivity index (χ0n) is 9.33. The van der Waals surface area contributed by atoms with Gasteiger partial charge in [0.1, 0.15) is 12.5 Å². The molecule has 17 heavy (non-hydrogen) atoms. The van der Waals surface area contributed by atoms with Gasteiger partial charge in [0.15, 0.2) is 0 Å². The van der Waals surface area contributed by atoms with Gasteiger partial charge in [-0.05, 0) is 12.0 Å². The highest BCUT2D eigenvalue weighted by Gasteiger charge is 2.36. The fourth-order valence-electron chi connectivity index (χ4n) is 1.75. The molecule has 1 atom stereocenters. The Hall–Kier alpha value is -1.88. The first-order chi connectivity index (χ1) is 8.18. The molecule has 1 aliphatic heterocycles. The monoisotopic (exact) mass is 234 g/mol. The quantitative estimate of drug-likeness (QED) is 0.357. The predicted molar refractivity (Wildman–Crippen MR) is 60.2 cm³/mol. The largest absolute Gasteiger partial charge is 0.460 e. The van der Waals surface area contributed by atoms with Gasteiger partial charge in [0.2, 0.25) is 0 Å². The van der Waals surface area contributed by atoms with Crippen LogP contribution < -0.4 is 5.84 Å². The number of hydrogen-bond donors (Lipinski definition) is 1. The third kappa shape index (κ3) is 2.62. The van der Waals surface area contributed by atoms with Gasteiger partial charge in [-0.1, -0.05) is 30.3 Å². The summed E-state index contributed by atoms with van der Waals surface area (Å²) in [7, 11) is 0. The van der Waals surface area contributed by atoms with E-state index in [4.69, 9.17) is 10.6 Å². The van der Waals surface area contributed by atoms with Crippen molar-refractivity contribution in [3.8, 4) is 0 Å². The first kappa shape index (κ1) is 11.6. The molecule has 0 radical (unpaired) electrons. The van der Waals surface area contributed by atoms with E-state index < -0.39 is 11.9 Å². The van der Waals surface area contributed by atoms with Gasteiger partial charge in [0.25, 0.3) is 5.91 Å². The Balaban J connectivity index is 1.88. The molecule has 1 saturated heterocycles. The summed E-state index contributed by atoms with van der Waals surface area (Å²) < 4.78 is 5.09. The Kier molecular flexibility index (Phi) is 3.39. The second kappa shape index (κ2) is 4.97. The zero-order valence-corrected chi connectivity index (χ0v) is 9.33. The maximum Gasteiger partial charge on any atom is 0.318 e. The number of hydrogen-bond acceptors (Lipinski definition) is 4. The highest BCUT2D eigenvalue weighted by molar-refractivity contribution is 5.98. The number of rotatable bonds is 3. The van der Waals surface area contributed by atoms with Crippen LogP contribution in [0.2, 0.25) is 0 Å². The lowest BCUT2D eigenvalue weighted by atomic mass is 10.1. The minimum absolute atomic E-state index is 0.189. The average molecular weight is 234 g/mol. The highest BCUT2D eigenvalue weighted by Crippen LogP contribution is 2.17. The molecular weight excluding hydrogens is 220 g/mol. The molecular formula is C12H14N2O3. The first-order valence-electron chi connectivity index (χ1n) is 5.45. The second-order valence-corrected chi connectivity index (χ2v) is 3.97. The van der Waals surface area contributed by atoms with Gasteiger partial charge in [0, 0.05) is 6.54 Å². The molecule has 5 nitrogen and oxygen atoms in total. The first-order valence-corrected chi connectivity index (χ1v) is 5.45. The summed E-state index contributed by atoms with van der Waals surface area (Å²) in [6, 6.07) is 9.34. The van der Waals surface area contributed by atoms with Crippen molar-refractivity contribution in [2.24, 2.45) is 11.8 Å². The molecule has 1 fully saturated rings. The zero-order chi connectivity index (χ0) is 12.3. The lowest BCUT2D eigenvalue weighted by molar-refractivity contribution is -0.154. The van der Waals surface area contributed by atoms with Gasteiger partial charge in [-0.25, -0.2) is 5.84 Å². The Labute approximate surface area is 99.1 Å². The number of benzene rings is 1. The minimum atomic E-state index is -0.733. The van der Waals surface area contributed by atoms with E-state index in [-0.39, 0.29) is 12.5 Å². The van der Waals surface area contributed by atoms with E-state index in [1.807, 2.05) is 30.3 Å². The highest BCUT2D eigenvalue weighted by atomic mass is 16.5. The van der Waals surface area contributed by atoms with Gasteiger partial charge in [-0.3, -0.25) is 14.6 Å². The molecule has 1 heterocycles. The van der Waals surface area contributed by atoms with Crippen molar-refractivity contribution in [1.29, 1.82) is 0 Å². The summed E-state index contributed by atoms with van der Waals surface area (Å²) >= 11 is 0. The van der Waals surface area contributed by atoms with E-state index in [1.54, 1.807) is 0 Å². The van der Waals surface area contributed by atoms with Crippen LogP contribution in [0, 0.1) is 5.92 Å². The Morgan fingerprint density at radius 2 is 2.12 bits per heavy atom. The molecule has 0 aromatic heterocycles. The summed E-state index contributed by atoms with van der Waals surface area (Å²) in [6.45, 7) is 0.595. The van der Waals surface area contributed by atoms with Gasteiger partial charge < -0.3 is 4.74 Å². The van der Waals surface area contributed by atoms with Crippen molar-refractivity contribution in [3.05, 3.63) is 35.9 Å². The molecule has 2 rings (SSSR count). The Bertz CT molecular complexity index is 419. The van der Waals surface area contributed by atoms with E-state index in [1.165, 1.54) is 0 Å². The van der Waals surface area contributed by atoms with Crippen molar-refractivity contribution in [3.63, 3.8) is 0 Å². The van der Waals surface area contributed by atoms with Crippen molar-refractivity contribution in [2.75, 3.05) is 6.54 Å². The maximum atomic E-state index is 11.6. The molecule has 1 aliphatic rings. The molecule has 1 aromatic rings. The number of carbonyl (C=O) groups is 2. The van der Waals surface area contributed by atoms with Crippen LogP contribution in [0.3, 0.4) is 0 Å². The Morgan fingerprint density at radius 1 is 1.41 bits per heavy atom. The number of nitrogens with zero attached hydrogens (tertiary/aromatic N) is 1. The summed E-state index contributed by atoms with van der Waals surface area (Å²) in [5.74, 6) is 3.81. The normalized spacial score (nSPS) is 19.5. The summed E-state index contributed by atoms with van der Waals surface area (Å²) in [5.41, 5.74) is 0.899. The van der Waals surface area contributed by atoms with Gasteiger partial charge in [0.05, 0.1) is 0 Å². The number of carbonyl (C=O) groups excluding carboxylic acids is 2. The molecule has 1 unspecified atom stereocenters. The van der Waals surface area contributed by atoms with Crippen LogP contribution in [0.15, 0.2) is 30.3 Å². The van der Waals surface area contributed by atoms with E-state index in [9.17, 15) is 9.59 Å². The summed E-state index contributed by atoms with van der Waals surface area (Å²) in [4.78, 5) is 23.1. The molecule has 0 saturated carbocycles. The molecule has 90 valence electrons. The average Bonchev–Trinajstić information content (AvgIpc) is 2.69. The molecule has 1 amide bonds. The fourth-order valence-corrected chi connectivity index (χ4v) is 1.75. The number of hydrazine groups is 1. The van der Waals surface area contributed by atoms with Gasteiger partial charge in [-0.15, -0.1) is 0 Å². The topological polar surface area (TPSA) is 72.6 Å².